The van der Waals surface area contributed by atoms with Crippen molar-refractivity contribution in [2.45, 2.75) is 20.8 Å². The van der Waals surface area contributed by atoms with Crippen molar-refractivity contribution in [3.05, 3.63) is 29.8 Å². The van der Waals surface area contributed by atoms with Crippen LogP contribution >= 0.6 is 0 Å². The Balaban J connectivity index is 2.97. The van der Waals surface area contributed by atoms with Gasteiger partial charge >= 0.3 is 0 Å². The molecule has 0 N–H and O–H groups in total. The Labute approximate surface area is 67.8 Å². The molecule has 0 unspecified atom stereocenters. The summed E-state index contributed by atoms with van der Waals surface area (Å²) in [6.45, 7) is 6.08. The fourth-order valence-electron chi connectivity index (χ4n) is 0.956. The molecule has 11 heavy (non-hydrogen) atoms. The summed E-state index contributed by atoms with van der Waals surface area (Å²) in [7, 11) is 0. The van der Waals surface area contributed by atoms with Gasteiger partial charge in [-0.05, 0) is 38.5 Å². The monoisotopic (exact) mass is 147 g/mol. The van der Waals surface area contributed by atoms with Gasteiger partial charge in [0.15, 0.2) is 0 Å². The molecule has 0 saturated carbocycles. The second-order valence-electron chi connectivity index (χ2n) is 2.90. The van der Waals surface area contributed by atoms with Crippen molar-refractivity contribution in [3.8, 4) is 0 Å². The summed E-state index contributed by atoms with van der Waals surface area (Å²) in [4.78, 5) is 4.34. The molecule has 1 rings (SSSR count). The predicted octanol–water partition coefficient (Wildman–Crippen LogP) is 3.11. The molecule has 58 valence electrons. The molecular formula is C10H13N. The zero-order chi connectivity index (χ0) is 8.27. The highest BCUT2D eigenvalue weighted by molar-refractivity contribution is 5.82. The Hall–Kier alpha value is -1.11. The van der Waals surface area contributed by atoms with Crippen LogP contribution in [0.4, 0.5) is 5.69 Å². The van der Waals surface area contributed by atoms with Crippen LogP contribution in [0.1, 0.15) is 19.4 Å². The van der Waals surface area contributed by atoms with Crippen molar-refractivity contribution in [2.24, 2.45) is 4.99 Å². The topological polar surface area (TPSA) is 12.4 Å². The summed E-state index contributed by atoms with van der Waals surface area (Å²) in [6.07, 6.45) is 0. The van der Waals surface area contributed by atoms with E-state index in [1.54, 1.807) is 0 Å². The van der Waals surface area contributed by atoms with Crippen molar-refractivity contribution < 1.29 is 0 Å². The molecule has 0 amide bonds. The molecule has 0 atom stereocenters. The smallest absolute Gasteiger partial charge is 0.0631 e. The third kappa shape index (κ3) is 2.54. The third-order valence-corrected chi connectivity index (χ3v) is 1.35. The van der Waals surface area contributed by atoms with Crippen LogP contribution in [0.25, 0.3) is 0 Å². The molecule has 0 fully saturated rings. The van der Waals surface area contributed by atoms with E-state index in [0.29, 0.717) is 0 Å². The number of benzene rings is 1. The second-order valence-corrected chi connectivity index (χ2v) is 2.90. The Morgan fingerprint density at radius 1 is 1.27 bits per heavy atom. The molecule has 1 aromatic carbocycles. The molecule has 0 aromatic heterocycles. The van der Waals surface area contributed by atoms with Gasteiger partial charge in [-0.15, -0.1) is 0 Å². The number of rotatable bonds is 1. The molecule has 1 nitrogen and oxygen atoms in total. The van der Waals surface area contributed by atoms with Gasteiger partial charge in [-0.3, -0.25) is 4.99 Å². The van der Waals surface area contributed by atoms with Gasteiger partial charge < -0.3 is 0 Å². The second kappa shape index (κ2) is 3.33. The van der Waals surface area contributed by atoms with Crippen molar-refractivity contribution >= 4 is 11.4 Å². The maximum Gasteiger partial charge on any atom is 0.0631 e. The van der Waals surface area contributed by atoms with Crippen molar-refractivity contribution in [1.29, 1.82) is 0 Å². The third-order valence-electron chi connectivity index (χ3n) is 1.35. The summed E-state index contributed by atoms with van der Waals surface area (Å²) in [5.41, 5.74) is 3.40. The minimum atomic E-state index is 1.05. The SMILES string of the molecule is CC(C)=Nc1cccc(C)c1. The molecular weight excluding hydrogens is 134 g/mol. The first-order valence-electron chi connectivity index (χ1n) is 3.77. The maximum absolute atomic E-state index is 4.34. The standard InChI is InChI=1S/C10H13N/c1-8(2)11-10-6-4-5-9(3)7-10/h4-7H,1-3H3. The van der Waals surface area contributed by atoms with Crippen LogP contribution in [0.2, 0.25) is 0 Å². The van der Waals surface area contributed by atoms with Crippen LogP contribution in [0, 0.1) is 6.92 Å². The number of aryl methyl sites for hydroxylation is 1. The molecule has 0 saturated heterocycles. The first kappa shape index (κ1) is 7.99. The van der Waals surface area contributed by atoms with E-state index in [0.717, 1.165) is 11.4 Å². The van der Waals surface area contributed by atoms with Crippen molar-refractivity contribution in [1.82, 2.24) is 0 Å². The van der Waals surface area contributed by atoms with Gasteiger partial charge in [0.05, 0.1) is 5.69 Å². The Morgan fingerprint density at radius 2 is 2.00 bits per heavy atom. The fraction of sp³-hybridized carbons (Fsp3) is 0.300. The number of aliphatic imine (C=N–C) groups is 1. The zero-order valence-corrected chi connectivity index (χ0v) is 7.26. The largest absolute Gasteiger partial charge is 0.258 e. The normalized spacial score (nSPS) is 9.36. The molecule has 1 aromatic rings. The molecule has 0 aliphatic rings. The molecule has 0 aliphatic carbocycles. The van der Waals surface area contributed by atoms with E-state index in [9.17, 15) is 0 Å². The summed E-state index contributed by atoms with van der Waals surface area (Å²) in [6, 6.07) is 8.19. The van der Waals surface area contributed by atoms with E-state index in [4.69, 9.17) is 0 Å². The Morgan fingerprint density at radius 3 is 2.55 bits per heavy atom. The number of hydrogen-bond donors (Lipinski definition) is 0. The average Bonchev–Trinajstić information content (AvgIpc) is 1.85. The maximum atomic E-state index is 4.34. The average molecular weight is 147 g/mol. The van der Waals surface area contributed by atoms with Crippen LogP contribution in [-0.2, 0) is 0 Å². The van der Waals surface area contributed by atoms with E-state index in [-0.39, 0.29) is 0 Å². The van der Waals surface area contributed by atoms with Crippen LogP contribution in [0.5, 0.6) is 0 Å². The van der Waals surface area contributed by atoms with Gasteiger partial charge in [-0.2, -0.15) is 0 Å². The highest BCUT2D eigenvalue weighted by Crippen LogP contribution is 2.13. The van der Waals surface area contributed by atoms with E-state index in [1.807, 2.05) is 26.0 Å². The quantitative estimate of drug-likeness (QED) is 0.541. The van der Waals surface area contributed by atoms with E-state index in [1.165, 1.54) is 5.56 Å². The van der Waals surface area contributed by atoms with Crippen molar-refractivity contribution in [2.75, 3.05) is 0 Å². The predicted molar refractivity (Wildman–Crippen MR) is 49.6 cm³/mol. The van der Waals surface area contributed by atoms with Crippen LogP contribution in [0.3, 0.4) is 0 Å². The zero-order valence-electron chi connectivity index (χ0n) is 7.26. The van der Waals surface area contributed by atoms with Gasteiger partial charge in [0.2, 0.25) is 0 Å². The minimum absolute atomic E-state index is 1.05. The molecule has 0 heterocycles. The van der Waals surface area contributed by atoms with Crippen molar-refractivity contribution in [3.63, 3.8) is 0 Å². The highest BCUT2D eigenvalue weighted by Gasteiger charge is 1.87. The van der Waals surface area contributed by atoms with Crippen LogP contribution in [-0.4, -0.2) is 5.71 Å². The lowest BCUT2D eigenvalue weighted by Gasteiger charge is -1.95. The summed E-state index contributed by atoms with van der Waals surface area (Å²) in [5, 5.41) is 0. The first-order valence-corrected chi connectivity index (χ1v) is 3.77. The van der Waals surface area contributed by atoms with E-state index < -0.39 is 0 Å². The minimum Gasteiger partial charge on any atom is -0.258 e. The number of hydrogen-bond acceptors (Lipinski definition) is 1. The first-order chi connectivity index (χ1) is 5.18. The molecule has 0 aliphatic heterocycles. The highest BCUT2D eigenvalue weighted by atomic mass is 14.7. The Bertz CT molecular complexity index is 270. The summed E-state index contributed by atoms with van der Waals surface area (Å²) < 4.78 is 0. The van der Waals surface area contributed by atoms with E-state index in [2.05, 4.69) is 24.0 Å². The van der Waals surface area contributed by atoms with Gasteiger partial charge in [-0.1, -0.05) is 12.1 Å². The lowest BCUT2D eigenvalue weighted by molar-refractivity contribution is 1.41. The summed E-state index contributed by atoms with van der Waals surface area (Å²) >= 11 is 0. The lowest BCUT2D eigenvalue weighted by Crippen LogP contribution is -1.78. The van der Waals surface area contributed by atoms with Crippen LogP contribution < -0.4 is 0 Å². The molecule has 0 spiro atoms. The summed E-state index contributed by atoms with van der Waals surface area (Å²) in [5.74, 6) is 0. The van der Waals surface area contributed by atoms with E-state index >= 15 is 0 Å². The van der Waals surface area contributed by atoms with Gasteiger partial charge in [-0.25, -0.2) is 0 Å². The molecule has 1 heteroatoms. The Kier molecular flexibility index (Phi) is 2.42. The number of nitrogens with zero attached hydrogens (tertiary/aromatic N) is 1. The van der Waals surface area contributed by atoms with Gasteiger partial charge in [0.1, 0.15) is 0 Å². The van der Waals surface area contributed by atoms with Gasteiger partial charge in [0, 0.05) is 5.71 Å². The lowest BCUT2D eigenvalue weighted by atomic mass is 10.2. The van der Waals surface area contributed by atoms with Crippen LogP contribution in [0.15, 0.2) is 29.3 Å². The fourth-order valence-corrected chi connectivity index (χ4v) is 0.956. The van der Waals surface area contributed by atoms with Gasteiger partial charge in [0.25, 0.3) is 0 Å². The molecule has 0 radical (unpaired) electrons. The molecule has 0 bridgehead atoms.